The summed E-state index contributed by atoms with van der Waals surface area (Å²) in [5, 5.41) is 20.1. The van der Waals surface area contributed by atoms with Gasteiger partial charge in [0.15, 0.2) is 0 Å². The molecule has 2 N–H and O–H groups in total. The number of nitriles is 1. The Kier molecular flexibility index (Phi) is 5.14. The van der Waals surface area contributed by atoms with Gasteiger partial charge in [-0.15, -0.1) is 11.8 Å². The number of carbonyl (C=O) groups is 2. The van der Waals surface area contributed by atoms with E-state index in [1.807, 2.05) is 6.07 Å². The van der Waals surface area contributed by atoms with Crippen LogP contribution in [-0.4, -0.2) is 33.8 Å². The van der Waals surface area contributed by atoms with Crippen molar-refractivity contribution in [3.05, 3.63) is 24.0 Å². The Bertz CT molecular complexity index is 499. The molecule has 7 heteroatoms. The van der Waals surface area contributed by atoms with E-state index in [9.17, 15) is 9.59 Å². The molecule has 0 aliphatic carbocycles. The molecule has 0 radical (unpaired) electrons. The van der Waals surface area contributed by atoms with Gasteiger partial charge < -0.3 is 10.4 Å². The number of carbonyl (C=O) groups excluding carboxylic acids is 1. The summed E-state index contributed by atoms with van der Waals surface area (Å²) in [5.41, 5.74) is 0.432. The van der Waals surface area contributed by atoms with Crippen molar-refractivity contribution in [2.45, 2.75) is 17.9 Å². The van der Waals surface area contributed by atoms with Crippen LogP contribution in [0.5, 0.6) is 0 Å². The van der Waals surface area contributed by atoms with E-state index in [0.29, 0.717) is 10.5 Å². The highest BCUT2D eigenvalue weighted by Crippen LogP contribution is 2.21. The molecule has 0 aliphatic heterocycles. The van der Waals surface area contributed by atoms with E-state index in [0.717, 1.165) is 0 Å². The second-order valence-electron chi connectivity index (χ2n) is 3.39. The van der Waals surface area contributed by atoms with E-state index in [-0.39, 0.29) is 5.75 Å². The van der Waals surface area contributed by atoms with Gasteiger partial charge in [0, 0.05) is 30.0 Å². The molecule has 0 aliphatic rings. The Hall–Kier alpha value is -2.07. The fraction of sp³-hybridized carbons (Fsp3) is 0.273. The Morgan fingerprint density at radius 2 is 2.39 bits per heavy atom. The third-order valence-corrected chi connectivity index (χ3v) is 3.12. The normalized spacial score (nSPS) is 11.3. The van der Waals surface area contributed by atoms with Crippen LogP contribution in [0, 0.1) is 11.3 Å². The number of carboxylic acids is 1. The SMILES string of the molecule is CC(=O)NC(CSc1cnccc1C#N)C(=O)O. The van der Waals surface area contributed by atoms with Gasteiger partial charge in [-0.05, 0) is 6.07 Å². The first-order chi connectivity index (χ1) is 8.54. The standard InChI is InChI=1S/C11H11N3O3S/c1-7(15)14-9(11(16)17)6-18-10-5-13-3-2-8(10)4-12/h2-3,5,9H,6H2,1H3,(H,14,15)(H,16,17). The van der Waals surface area contributed by atoms with Crippen LogP contribution in [0.2, 0.25) is 0 Å². The van der Waals surface area contributed by atoms with Crippen LogP contribution in [0.25, 0.3) is 0 Å². The number of hydrogen-bond donors (Lipinski definition) is 2. The van der Waals surface area contributed by atoms with E-state index in [2.05, 4.69) is 10.3 Å². The fourth-order valence-corrected chi connectivity index (χ4v) is 2.16. The quantitative estimate of drug-likeness (QED) is 0.757. The first kappa shape index (κ1) is 14.0. The summed E-state index contributed by atoms with van der Waals surface area (Å²) in [4.78, 5) is 26.2. The summed E-state index contributed by atoms with van der Waals surface area (Å²) < 4.78 is 0. The molecule has 0 saturated heterocycles. The summed E-state index contributed by atoms with van der Waals surface area (Å²) in [7, 11) is 0. The maximum absolute atomic E-state index is 10.9. The van der Waals surface area contributed by atoms with E-state index >= 15 is 0 Å². The molecule has 0 fully saturated rings. The molecular formula is C11H11N3O3S. The molecule has 0 spiro atoms. The summed E-state index contributed by atoms with van der Waals surface area (Å²) in [6.07, 6.45) is 2.99. The molecule has 1 rings (SSSR count). The lowest BCUT2D eigenvalue weighted by atomic mass is 10.3. The molecular weight excluding hydrogens is 254 g/mol. The highest BCUT2D eigenvalue weighted by atomic mass is 32.2. The van der Waals surface area contributed by atoms with Crippen LogP contribution in [-0.2, 0) is 9.59 Å². The van der Waals surface area contributed by atoms with Gasteiger partial charge in [-0.25, -0.2) is 4.79 Å². The Balaban J connectivity index is 2.70. The lowest BCUT2D eigenvalue weighted by Crippen LogP contribution is -2.41. The number of nitrogens with zero attached hydrogens (tertiary/aromatic N) is 2. The number of aliphatic carboxylic acids is 1. The van der Waals surface area contributed by atoms with Gasteiger partial charge in [-0.1, -0.05) is 0 Å². The van der Waals surface area contributed by atoms with Gasteiger partial charge in [-0.2, -0.15) is 5.26 Å². The van der Waals surface area contributed by atoms with Crippen LogP contribution in [0.15, 0.2) is 23.4 Å². The molecule has 1 aromatic rings. The predicted molar refractivity (Wildman–Crippen MR) is 64.9 cm³/mol. The zero-order valence-electron chi connectivity index (χ0n) is 9.58. The molecule has 94 valence electrons. The average molecular weight is 265 g/mol. The van der Waals surface area contributed by atoms with E-state index in [4.69, 9.17) is 10.4 Å². The van der Waals surface area contributed by atoms with Crippen molar-refractivity contribution in [3.8, 4) is 6.07 Å². The zero-order valence-corrected chi connectivity index (χ0v) is 10.4. The Morgan fingerprint density at radius 1 is 1.67 bits per heavy atom. The zero-order chi connectivity index (χ0) is 13.5. The number of amides is 1. The van der Waals surface area contributed by atoms with Crippen LogP contribution < -0.4 is 5.32 Å². The first-order valence-electron chi connectivity index (χ1n) is 5.01. The molecule has 18 heavy (non-hydrogen) atoms. The number of carboxylic acid groups (broad SMARTS) is 1. The van der Waals surface area contributed by atoms with Gasteiger partial charge in [0.05, 0.1) is 5.56 Å². The van der Waals surface area contributed by atoms with Crippen LogP contribution in [0.4, 0.5) is 0 Å². The van der Waals surface area contributed by atoms with Crippen LogP contribution in [0.3, 0.4) is 0 Å². The molecule has 0 aromatic carbocycles. The summed E-state index contributed by atoms with van der Waals surface area (Å²) in [6, 6.07) is 2.56. The van der Waals surface area contributed by atoms with Crippen molar-refractivity contribution in [2.24, 2.45) is 0 Å². The molecule has 0 saturated carbocycles. The lowest BCUT2D eigenvalue weighted by Gasteiger charge is -2.12. The van der Waals surface area contributed by atoms with Gasteiger partial charge >= 0.3 is 5.97 Å². The third-order valence-electron chi connectivity index (χ3n) is 1.99. The number of aromatic nitrogens is 1. The second kappa shape index (κ2) is 6.61. The minimum absolute atomic E-state index is 0.134. The van der Waals surface area contributed by atoms with Crippen molar-refractivity contribution in [1.29, 1.82) is 5.26 Å². The second-order valence-corrected chi connectivity index (χ2v) is 4.45. The topological polar surface area (TPSA) is 103 Å². The van der Waals surface area contributed by atoms with Gasteiger partial charge in [-0.3, -0.25) is 9.78 Å². The monoisotopic (exact) mass is 265 g/mol. The highest BCUT2D eigenvalue weighted by Gasteiger charge is 2.19. The van der Waals surface area contributed by atoms with Gasteiger partial charge in [0.2, 0.25) is 5.91 Å². The van der Waals surface area contributed by atoms with Crippen molar-refractivity contribution in [3.63, 3.8) is 0 Å². The highest BCUT2D eigenvalue weighted by molar-refractivity contribution is 7.99. The lowest BCUT2D eigenvalue weighted by molar-refractivity contribution is -0.140. The van der Waals surface area contributed by atoms with Crippen molar-refractivity contribution in [1.82, 2.24) is 10.3 Å². The molecule has 1 aromatic heterocycles. The maximum Gasteiger partial charge on any atom is 0.327 e. The molecule has 1 unspecified atom stereocenters. The molecule has 0 bridgehead atoms. The molecule has 1 heterocycles. The fourth-order valence-electron chi connectivity index (χ4n) is 1.18. The van der Waals surface area contributed by atoms with E-state index in [1.54, 1.807) is 6.07 Å². The smallest absolute Gasteiger partial charge is 0.327 e. The number of pyridine rings is 1. The molecule has 1 amide bonds. The van der Waals surface area contributed by atoms with E-state index in [1.165, 1.54) is 31.1 Å². The van der Waals surface area contributed by atoms with Crippen LogP contribution in [0.1, 0.15) is 12.5 Å². The summed E-state index contributed by atoms with van der Waals surface area (Å²) in [6.45, 7) is 1.26. The summed E-state index contributed by atoms with van der Waals surface area (Å²) in [5.74, 6) is -1.38. The number of nitrogens with one attached hydrogen (secondary N) is 1. The predicted octanol–water partition coefficient (Wildman–Crippen LogP) is 0.635. The van der Waals surface area contributed by atoms with E-state index < -0.39 is 17.9 Å². The average Bonchev–Trinajstić information content (AvgIpc) is 2.34. The molecule has 6 nitrogen and oxygen atoms in total. The minimum Gasteiger partial charge on any atom is -0.480 e. The number of rotatable bonds is 5. The van der Waals surface area contributed by atoms with Gasteiger partial charge in [0.25, 0.3) is 0 Å². The summed E-state index contributed by atoms with van der Waals surface area (Å²) >= 11 is 1.17. The number of hydrogen-bond acceptors (Lipinski definition) is 5. The van der Waals surface area contributed by atoms with Crippen molar-refractivity contribution >= 4 is 23.6 Å². The first-order valence-corrected chi connectivity index (χ1v) is 6.00. The maximum atomic E-state index is 10.9. The van der Waals surface area contributed by atoms with Gasteiger partial charge in [0.1, 0.15) is 12.1 Å². The van der Waals surface area contributed by atoms with Crippen LogP contribution >= 0.6 is 11.8 Å². The van der Waals surface area contributed by atoms with Crippen molar-refractivity contribution in [2.75, 3.05) is 5.75 Å². The Labute approximate surface area is 108 Å². The largest absolute Gasteiger partial charge is 0.480 e. The van der Waals surface area contributed by atoms with Crippen molar-refractivity contribution < 1.29 is 14.7 Å². The molecule has 1 atom stereocenters. The third kappa shape index (κ3) is 4.07. The Morgan fingerprint density at radius 3 is 2.94 bits per heavy atom. The minimum atomic E-state index is -1.11. The number of thioether (sulfide) groups is 1.